The quantitative estimate of drug-likeness (QED) is 0.601. The Bertz CT molecular complexity index is 1050. The van der Waals surface area contributed by atoms with E-state index in [1.807, 2.05) is 98.8 Å². The first kappa shape index (κ1) is 17.0. The molecule has 4 rings (SSSR count). The molecule has 0 atom stereocenters. The number of rotatable bonds is 3. The number of benzene rings is 3. The fourth-order valence-corrected chi connectivity index (χ4v) is 3.13. The molecule has 1 amide bonds. The minimum atomic E-state index is -0.111. The van der Waals surface area contributed by atoms with E-state index in [0.717, 1.165) is 22.4 Å². The van der Waals surface area contributed by atoms with Gasteiger partial charge in [0.05, 0.1) is 5.69 Å². The molecule has 1 aliphatic rings. The van der Waals surface area contributed by atoms with E-state index in [1.54, 1.807) is 4.90 Å². The number of aliphatic imine (C=N–C) groups is 1. The molecular weight excluding hydrogens is 332 g/mol. The molecule has 0 spiro atoms. The van der Waals surface area contributed by atoms with Gasteiger partial charge in [-0.15, -0.1) is 0 Å². The molecule has 132 valence electrons. The van der Waals surface area contributed by atoms with E-state index in [4.69, 9.17) is 4.99 Å². The number of anilines is 1. The fourth-order valence-electron chi connectivity index (χ4n) is 3.13. The van der Waals surface area contributed by atoms with Gasteiger partial charge in [0.15, 0.2) is 0 Å². The van der Waals surface area contributed by atoms with Crippen molar-refractivity contribution in [2.24, 2.45) is 4.99 Å². The van der Waals surface area contributed by atoms with Crippen LogP contribution in [-0.2, 0) is 4.79 Å². The van der Waals surface area contributed by atoms with Crippen LogP contribution in [0.3, 0.4) is 0 Å². The molecule has 1 aliphatic heterocycles. The second-order valence-electron chi connectivity index (χ2n) is 6.72. The van der Waals surface area contributed by atoms with Gasteiger partial charge in [0, 0.05) is 5.56 Å². The lowest BCUT2D eigenvalue weighted by Gasteiger charge is -2.19. The Morgan fingerprint density at radius 3 is 2.26 bits per heavy atom. The number of amides is 1. The summed E-state index contributed by atoms with van der Waals surface area (Å²) in [6.45, 7) is 4.07. The van der Waals surface area contributed by atoms with Gasteiger partial charge in [-0.05, 0) is 43.2 Å². The maximum absolute atomic E-state index is 13.2. The molecule has 0 radical (unpaired) electrons. The van der Waals surface area contributed by atoms with Crippen molar-refractivity contribution in [2.75, 3.05) is 4.90 Å². The lowest BCUT2D eigenvalue weighted by molar-refractivity contribution is -0.113. The molecule has 0 fully saturated rings. The second kappa shape index (κ2) is 7.04. The summed E-state index contributed by atoms with van der Waals surface area (Å²) in [5.41, 5.74) is 5.43. The molecule has 1 heterocycles. The van der Waals surface area contributed by atoms with Crippen LogP contribution in [0.2, 0.25) is 0 Å². The van der Waals surface area contributed by atoms with E-state index in [1.165, 1.54) is 5.56 Å². The van der Waals surface area contributed by atoms with Gasteiger partial charge in [-0.1, -0.05) is 72.3 Å². The highest BCUT2D eigenvalue weighted by Gasteiger charge is 2.32. The fraction of sp³-hybridized carbons (Fsp3) is 0.0833. The summed E-state index contributed by atoms with van der Waals surface area (Å²) >= 11 is 0. The molecule has 0 saturated heterocycles. The number of nitrogens with zero attached hydrogens (tertiary/aromatic N) is 2. The first-order chi connectivity index (χ1) is 13.1. The number of aryl methyl sites for hydroxylation is 2. The zero-order chi connectivity index (χ0) is 18.8. The zero-order valence-electron chi connectivity index (χ0n) is 15.4. The van der Waals surface area contributed by atoms with Crippen LogP contribution < -0.4 is 4.90 Å². The van der Waals surface area contributed by atoms with E-state index >= 15 is 0 Å². The molecule has 0 unspecified atom stereocenters. The Morgan fingerprint density at radius 2 is 1.56 bits per heavy atom. The Balaban J connectivity index is 1.84. The summed E-state index contributed by atoms with van der Waals surface area (Å²) in [4.78, 5) is 19.6. The van der Waals surface area contributed by atoms with Crippen molar-refractivity contribution in [2.45, 2.75) is 13.8 Å². The molecule has 0 saturated carbocycles. The van der Waals surface area contributed by atoms with Crippen molar-refractivity contribution in [1.29, 1.82) is 0 Å². The lowest BCUT2D eigenvalue weighted by Crippen LogP contribution is -2.32. The normalized spacial score (nSPS) is 15.3. The van der Waals surface area contributed by atoms with E-state index in [9.17, 15) is 4.79 Å². The van der Waals surface area contributed by atoms with E-state index in [2.05, 4.69) is 0 Å². The standard InChI is InChI=1S/C24H20N2O/c1-17-11-13-20(14-12-17)23-25-22(16-19-8-4-3-5-9-19)24(27)26(23)21-10-6-7-18(2)15-21/h3-16H,1-2H3. The minimum Gasteiger partial charge on any atom is -0.266 e. The molecule has 27 heavy (non-hydrogen) atoms. The predicted octanol–water partition coefficient (Wildman–Crippen LogP) is 5.14. The number of carbonyl (C=O) groups is 1. The zero-order valence-corrected chi connectivity index (χ0v) is 15.4. The van der Waals surface area contributed by atoms with Crippen molar-refractivity contribution < 1.29 is 4.79 Å². The molecule has 0 bridgehead atoms. The molecular formula is C24H20N2O. The highest BCUT2D eigenvalue weighted by Crippen LogP contribution is 2.28. The van der Waals surface area contributed by atoms with Crippen LogP contribution in [0, 0.1) is 13.8 Å². The van der Waals surface area contributed by atoms with Crippen LogP contribution in [0.15, 0.2) is 89.6 Å². The predicted molar refractivity (Wildman–Crippen MR) is 111 cm³/mol. The Labute approximate surface area is 159 Å². The van der Waals surface area contributed by atoms with Crippen LogP contribution in [0.1, 0.15) is 22.3 Å². The third kappa shape index (κ3) is 3.44. The third-order valence-corrected chi connectivity index (χ3v) is 4.53. The summed E-state index contributed by atoms with van der Waals surface area (Å²) in [6, 6.07) is 25.8. The summed E-state index contributed by atoms with van der Waals surface area (Å²) in [5, 5.41) is 0. The van der Waals surface area contributed by atoms with Crippen LogP contribution >= 0.6 is 0 Å². The van der Waals surface area contributed by atoms with Crippen molar-refractivity contribution >= 4 is 23.5 Å². The third-order valence-electron chi connectivity index (χ3n) is 4.53. The van der Waals surface area contributed by atoms with Crippen LogP contribution in [-0.4, -0.2) is 11.7 Å². The Hall–Kier alpha value is -3.46. The molecule has 0 aromatic heterocycles. The monoisotopic (exact) mass is 352 g/mol. The number of amidine groups is 1. The van der Waals surface area contributed by atoms with Gasteiger partial charge in [-0.25, -0.2) is 4.99 Å². The van der Waals surface area contributed by atoms with E-state index in [-0.39, 0.29) is 5.91 Å². The molecule has 3 aromatic rings. The van der Waals surface area contributed by atoms with Crippen LogP contribution in [0.5, 0.6) is 0 Å². The maximum Gasteiger partial charge on any atom is 0.282 e. The van der Waals surface area contributed by atoms with Gasteiger partial charge in [0.1, 0.15) is 11.5 Å². The summed E-state index contributed by atoms with van der Waals surface area (Å²) in [7, 11) is 0. The van der Waals surface area contributed by atoms with Gasteiger partial charge in [-0.3, -0.25) is 9.69 Å². The SMILES string of the molecule is Cc1ccc(C2=NC(=Cc3ccccc3)C(=O)N2c2cccc(C)c2)cc1. The Kier molecular flexibility index (Phi) is 4.43. The topological polar surface area (TPSA) is 32.7 Å². The van der Waals surface area contributed by atoms with Crippen molar-refractivity contribution in [3.05, 3.63) is 107 Å². The first-order valence-corrected chi connectivity index (χ1v) is 8.95. The summed E-state index contributed by atoms with van der Waals surface area (Å²) in [5.74, 6) is 0.549. The van der Waals surface area contributed by atoms with Gasteiger partial charge in [0.2, 0.25) is 0 Å². The highest BCUT2D eigenvalue weighted by molar-refractivity contribution is 6.33. The first-order valence-electron chi connectivity index (χ1n) is 8.95. The smallest absolute Gasteiger partial charge is 0.266 e. The largest absolute Gasteiger partial charge is 0.282 e. The minimum absolute atomic E-state index is 0.111. The summed E-state index contributed by atoms with van der Waals surface area (Å²) in [6.07, 6.45) is 1.84. The average molecular weight is 352 g/mol. The number of hydrogen-bond acceptors (Lipinski definition) is 2. The second-order valence-corrected chi connectivity index (χ2v) is 6.72. The maximum atomic E-state index is 13.2. The van der Waals surface area contributed by atoms with Crippen molar-refractivity contribution in [3.63, 3.8) is 0 Å². The van der Waals surface area contributed by atoms with Crippen LogP contribution in [0.4, 0.5) is 5.69 Å². The van der Waals surface area contributed by atoms with Gasteiger partial charge in [0.25, 0.3) is 5.91 Å². The summed E-state index contributed by atoms with van der Waals surface area (Å²) < 4.78 is 0. The molecule has 3 aromatic carbocycles. The lowest BCUT2D eigenvalue weighted by atomic mass is 10.1. The molecule has 0 aliphatic carbocycles. The molecule has 3 nitrogen and oxygen atoms in total. The average Bonchev–Trinajstić information content (AvgIpc) is 2.99. The van der Waals surface area contributed by atoms with E-state index < -0.39 is 0 Å². The van der Waals surface area contributed by atoms with Crippen molar-refractivity contribution in [1.82, 2.24) is 0 Å². The van der Waals surface area contributed by atoms with Gasteiger partial charge in [-0.2, -0.15) is 0 Å². The van der Waals surface area contributed by atoms with Gasteiger partial charge >= 0.3 is 0 Å². The van der Waals surface area contributed by atoms with Crippen molar-refractivity contribution in [3.8, 4) is 0 Å². The van der Waals surface area contributed by atoms with Gasteiger partial charge < -0.3 is 0 Å². The highest BCUT2D eigenvalue weighted by atomic mass is 16.2. The Morgan fingerprint density at radius 1 is 0.815 bits per heavy atom. The van der Waals surface area contributed by atoms with Crippen LogP contribution in [0.25, 0.3) is 6.08 Å². The molecule has 0 N–H and O–H groups in total. The number of hydrogen-bond donors (Lipinski definition) is 0. The van der Waals surface area contributed by atoms with E-state index in [0.29, 0.717) is 11.5 Å². The number of carbonyl (C=O) groups excluding carboxylic acids is 1. The molecule has 3 heteroatoms.